The van der Waals surface area contributed by atoms with Gasteiger partial charge in [0.15, 0.2) is 0 Å². The maximum absolute atomic E-state index is 11.2. The van der Waals surface area contributed by atoms with Gasteiger partial charge < -0.3 is 5.32 Å². The molecule has 0 aliphatic heterocycles. The van der Waals surface area contributed by atoms with Crippen molar-refractivity contribution in [1.82, 2.24) is 0 Å². The van der Waals surface area contributed by atoms with Gasteiger partial charge in [-0.1, -0.05) is 30.3 Å². The quantitative estimate of drug-likeness (QED) is 0.689. The van der Waals surface area contributed by atoms with Gasteiger partial charge in [-0.05, 0) is 42.0 Å². The van der Waals surface area contributed by atoms with Crippen molar-refractivity contribution in [2.24, 2.45) is 5.92 Å². The number of hydrogen-bond acceptors (Lipinski definition) is 3. The molecule has 4 rings (SSSR count). The van der Waals surface area contributed by atoms with Gasteiger partial charge in [-0.2, -0.15) is 0 Å². The number of aryl methyl sites for hydroxylation is 1. The minimum atomic E-state index is -0.304. The van der Waals surface area contributed by atoms with Crippen LogP contribution in [0.15, 0.2) is 42.5 Å². The molecule has 4 heteroatoms. The molecule has 0 bridgehead atoms. The predicted octanol–water partition coefficient (Wildman–Crippen LogP) is 3.65. The number of fused-ring (bicyclic) bond motifs is 3. The zero-order valence-corrected chi connectivity index (χ0v) is 11.7. The number of nitrogens with zero attached hydrogens (tertiary/aromatic N) is 1. The number of anilines is 1. The van der Waals surface area contributed by atoms with Crippen molar-refractivity contribution in [2.75, 3.05) is 5.32 Å². The first-order chi connectivity index (χ1) is 10.1. The van der Waals surface area contributed by atoms with E-state index in [1.165, 1.54) is 11.1 Å². The smallest absolute Gasteiger partial charge is 0.292 e. The molecule has 2 aliphatic carbocycles. The van der Waals surface area contributed by atoms with Crippen LogP contribution in [0.4, 0.5) is 11.4 Å². The maximum atomic E-state index is 11.2. The summed E-state index contributed by atoms with van der Waals surface area (Å²) in [6.45, 7) is 1.87. The summed E-state index contributed by atoms with van der Waals surface area (Å²) < 4.78 is 0. The van der Waals surface area contributed by atoms with E-state index < -0.39 is 0 Å². The van der Waals surface area contributed by atoms with E-state index in [1.54, 1.807) is 6.07 Å². The fraction of sp³-hybridized carbons (Fsp3) is 0.294. The first-order valence-corrected chi connectivity index (χ1v) is 7.24. The lowest BCUT2D eigenvalue weighted by Crippen LogP contribution is -2.11. The Labute approximate surface area is 123 Å². The summed E-state index contributed by atoms with van der Waals surface area (Å²) in [7, 11) is 0. The maximum Gasteiger partial charge on any atom is 0.292 e. The SMILES string of the molecule is Cc1ccc(NC2C3Cc4ccccc4C32)c([N+](=O)[O-])c1. The standard InChI is InChI=1S/C17H16N2O2/c1-10-6-7-14(15(8-10)19(20)21)18-17-13-9-11-4-2-3-5-12(11)16(13)17/h2-8,13,16-18H,9H2,1H3. The van der Waals surface area contributed by atoms with E-state index in [4.69, 9.17) is 0 Å². The molecule has 0 heterocycles. The molecule has 1 saturated carbocycles. The third-order valence-corrected chi connectivity index (χ3v) is 4.71. The van der Waals surface area contributed by atoms with E-state index in [0.29, 0.717) is 23.6 Å². The van der Waals surface area contributed by atoms with Crippen molar-refractivity contribution in [1.29, 1.82) is 0 Å². The number of hydrogen-bond donors (Lipinski definition) is 1. The Balaban J connectivity index is 1.59. The molecule has 2 aromatic rings. The lowest BCUT2D eigenvalue weighted by atomic mass is 10.0. The molecule has 0 saturated heterocycles. The van der Waals surface area contributed by atoms with E-state index in [9.17, 15) is 10.1 Å². The van der Waals surface area contributed by atoms with Crippen LogP contribution in [0.25, 0.3) is 0 Å². The molecule has 1 fully saturated rings. The fourth-order valence-corrected chi connectivity index (χ4v) is 3.64. The van der Waals surface area contributed by atoms with Crippen molar-refractivity contribution >= 4 is 11.4 Å². The largest absolute Gasteiger partial charge is 0.376 e. The topological polar surface area (TPSA) is 55.2 Å². The molecule has 4 nitrogen and oxygen atoms in total. The number of nitrogens with one attached hydrogen (secondary N) is 1. The number of rotatable bonds is 3. The number of nitro groups is 1. The van der Waals surface area contributed by atoms with Gasteiger partial charge in [0.05, 0.1) is 4.92 Å². The summed E-state index contributed by atoms with van der Waals surface area (Å²) in [5.74, 6) is 1.10. The van der Waals surface area contributed by atoms with Crippen LogP contribution in [0.3, 0.4) is 0 Å². The highest BCUT2D eigenvalue weighted by molar-refractivity contribution is 5.65. The van der Waals surface area contributed by atoms with Gasteiger partial charge in [0.25, 0.3) is 5.69 Å². The van der Waals surface area contributed by atoms with Crippen LogP contribution in [0.5, 0.6) is 0 Å². The molecule has 21 heavy (non-hydrogen) atoms. The third-order valence-electron chi connectivity index (χ3n) is 4.71. The van der Waals surface area contributed by atoms with Crippen LogP contribution in [0.2, 0.25) is 0 Å². The summed E-state index contributed by atoms with van der Waals surface area (Å²) in [5.41, 5.74) is 4.57. The van der Waals surface area contributed by atoms with E-state index in [-0.39, 0.29) is 10.6 Å². The van der Waals surface area contributed by atoms with E-state index in [1.807, 2.05) is 19.1 Å². The molecular formula is C17H16N2O2. The van der Waals surface area contributed by atoms with Crippen molar-refractivity contribution < 1.29 is 4.92 Å². The molecule has 2 aromatic carbocycles. The minimum Gasteiger partial charge on any atom is -0.376 e. The molecule has 2 aliphatic rings. The normalized spacial score (nSPS) is 25.1. The van der Waals surface area contributed by atoms with Crippen LogP contribution in [0, 0.1) is 23.0 Å². The van der Waals surface area contributed by atoms with Crippen LogP contribution >= 0.6 is 0 Å². The molecule has 0 radical (unpaired) electrons. The lowest BCUT2D eigenvalue weighted by Gasteiger charge is -2.11. The lowest BCUT2D eigenvalue weighted by molar-refractivity contribution is -0.384. The Morgan fingerprint density at radius 3 is 2.86 bits per heavy atom. The second kappa shape index (κ2) is 4.32. The summed E-state index contributed by atoms with van der Waals surface area (Å²) in [6.07, 6.45) is 1.08. The highest BCUT2D eigenvalue weighted by Crippen LogP contribution is 2.57. The van der Waals surface area contributed by atoms with Crippen molar-refractivity contribution in [3.8, 4) is 0 Å². The Kier molecular flexibility index (Phi) is 2.55. The van der Waals surface area contributed by atoms with Crippen LogP contribution < -0.4 is 5.32 Å². The average molecular weight is 280 g/mol. The van der Waals surface area contributed by atoms with Gasteiger partial charge in [-0.3, -0.25) is 10.1 Å². The molecule has 0 amide bonds. The first-order valence-electron chi connectivity index (χ1n) is 7.24. The monoisotopic (exact) mass is 280 g/mol. The van der Waals surface area contributed by atoms with E-state index in [2.05, 4.69) is 29.6 Å². The number of nitro benzene ring substituents is 1. The highest BCUT2D eigenvalue weighted by atomic mass is 16.6. The van der Waals surface area contributed by atoms with Gasteiger partial charge in [-0.15, -0.1) is 0 Å². The Bertz CT molecular complexity index is 741. The Morgan fingerprint density at radius 2 is 2.05 bits per heavy atom. The minimum absolute atomic E-state index is 0.174. The van der Waals surface area contributed by atoms with Crippen LogP contribution in [-0.4, -0.2) is 11.0 Å². The van der Waals surface area contributed by atoms with Gasteiger partial charge >= 0.3 is 0 Å². The summed E-state index contributed by atoms with van der Waals surface area (Å²) in [4.78, 5) is 10.9. The molecule has 0 spiro atoms. The molecule has 3 unspecified atom stereocenters. The zero-order chi connectivity index (χ0) is 14.6. The van der Waals surface area contributed by atoms with Crippen molar-refractivity contribution in [3.05, 3.63) is 69.3 Å². The molecule has 0 aromatic heterocycles. The molecule has 3 atom stereocenters. The van der Waals surface area contributed by atoms with Gasteiger partial charge in [0.2, 0.25) is 0 Å². The molecular weight excluding hydrogens is 264 g/mol. The van der Waals surface area contributed by atoms with Gasteiger partial charge in [0.1, 0.15) is 5.69 Å². The van der Waals surface area contributed by atoms with Crippen molar-refractivity contribution in [2.45, 2.75) is 25.3 Å². The summed E-state index contributed by atoms with van der Waals surface area (Å²) in [5, 5.41) is 14.6. The second-order valence-corrected chi connectivity index (χ2v) is 6.04. The summed E-state index contributed by atoms with van der Waals surface area (Å²) in [6, 6.07) is 14.2. The van der Waals surface area contributed by atoms with Gasteiger partial charge in [0, 0.05) is 18.0 Å². The van der Waals surface area contributed by atoms with Crippen LogP contribution in [0.1, 0.15) is 22.6 Å². The zero-order valence-electron chi connectivity index (χ0n) is 11.7. The predicted molar refractivity (Wildman–Crippen MR) is 81.6 cm³/mol. The van der Waals surface area contributed by atoms with Crippen LogP contribution in [-0.2, 0) is 6.42 Å². The molecule has 106 valence electrons. The fourth-order valence-electron chi connectivity index (χ4n) is 3.64. The summed E-state index contributed by atoms with van der Waals surface area (Å²) >= 11 is 0. The van der Waals surface area contributed by atoms with Gasteiger partial charge in [-0.25, -0.2) is 0 Å². The van der Waals surface area contributed by atoms with Crippen molar-refractivity contribution in [3.63, 3.8) is 0 Å². The number of benzene rings is 2. The third kappa shape index (κ3) is 1.90. The highest BCUT2D eigenvalue weighted by Gasteiger charge is 2.55. The van der Waals surface area contributed by atoms with E-state index >= 15 is 0 Å². The second-order valence-electron chi connectivity index (χ2n) is 6.04. The first kappa shape index (κ1) is 12.4. The average Bonchev–Trinajstić information content (AvgIpc) is 2.98. The van der Waals surface area contributed by atoms with E-state index in [0.717, 1.165) is 12.0 Å². The Hall–Kier alpha value is -2.36. The Morgan fingerprint density at radius 1 is 1.24 bits per heavy atom. The molecule has 1 N–H and O–H groups in total.